The van der Waals surface area contributed by atoms with Gasteiger partial charge in [-0.2, -0.15) is 4.98 Å². The topological polar surface area (TPSA) is 48.2 Å². The third-order valence-electron chi connectivity index (χ3n) is 3.09. The predicted octanol–water partition coefficient (Wildman–Crippen LogP) is 4.37. The van der Waals surface area contributed by atoms with Crippen molar-refractivity contribution in [3.63, 3.8) is 0 Å². The third kappa shape index (κ3) is 2.76. The first-order chi connectivity index (χ1) is 10.2. The van der Waals surface area contributed by atoms with Crippen LogP contribution in [0.5, 0.6) is 5.75 Å². The molecule has 3 rings (SSSR count). The maximum absolute atomic E-state index is 6.02. The Kier molecular flexibility index (Phi) is 3.62. The Morgan fingerprint density at radius 3 is 2.76 bits per heavy atom. The van der Waals surface area contributed by atoms with E-state index in [9.17, 15) is 0 Å². The minimum absolute atomic E-state index is 0.380. The van der Waals surface area contributed by atoms with Crippen LogP contribution in [-0.2, 0) is 0 Å². The van der Waals surface area contributed by atoms with Crippen LogP contribution in [-0.4, -0.2) is 17.3 Å². The number of rotatable bonds is 3. The molecule has 0 aliphatic heterocycles. The second kappa shape index (κ2) is 5.58. The molecule has 0 spiro atoms. The van der Waals surface area contributed by atoms with Gasteiger partial charge in [0, 0.05) is 10.6 Å². The van der Waals surface area contributed by atoms with Crippen molar-refractivity contribution < 1.29 is 9.26 Å². The van der Waals surface area contributed by atoms with E-state index in [0.29, 0.717) is 28.1 Å². The molecule has 2 aromatic carbocycles. The summed E-state index contributed by atoms with van der Waals surface area (Å²) in [6, 6.07) is 13.2. The number of benzene rings is 2. The van der Waals surface area contributed by atoms with Gasteiger partial charge in [-0.1, -0.05) is 40.5 Å². The molecule has 0 atom stereocenters. The fourth-order valence-corrected chi connectivity index (χ4v) is 2.25. The highest BCUT2D eigenvalue weighted by Gasteiger charge is 2.15. The zero-order chi connectivity index (χ0) is 14.8. The normalized spacial score (nSPS) is 10.6. The number of aromatic nitrogens is 2. The molecule has 1 heterocycles. The standard InChI is InChI=1S/C16H13ClN2O2/c1-10-4-3-5-11(8-10)15-18-16(21-19-15)13-9-12(17)6-7-14(13)20-2/h3-9H,1-2H3. The van der Waals surface area contributed by atoms with E-state index in [2.05, 4.69) is 10.1 Å². The molecule has 0 saturated carbocycles. The lowest BCUT2D eigenvalue weighted by molar-refractivity contribution is 0.405. The maximum Gasteiger partial charge on any atom is 0.262 e. The molecule has 0 fully saturated rings. The first-order valence-electron chi connectivity index (χ1n) is 6.42. The van der Waals surface area contributed by atoms with Crippen LogP contribution in [0, 0.1) is 6.92 Å². The minimum atomic E-state index is 0.380. The van der Waals surface area contributed by atoms with Gasteiger partial charge in [0.2, 0.25) is 5.82 Å². The van der Waals surface area contributed by atoms with Crippen molar-refractivity contribution in [2.24, 2.45) is 0 Å². The summed E-state index contributed by atoms with van der Waals surface area (Å²) < 4.78 is 10.6. The van der Waals surface area contributed by atoms with E-state index in [4.69, 9.17) is 20.9 Å². The summed E-state index contributed by atoms with van der Waals surface area (Å²) in [5, 5.41) is 4.61. The molecule has 0 radical (unpaired) electrons. The van der Waals surface area contributed by atoms with E-state index < -0.39 is 0 Å². The Bertz CT molecular complexity index is 783. The Balaban J connectivity index is 2.04. The molecule has 0 aliphatic carbocycles. The van der Waals surface area contributed by atoms with Crippen LogP contribution >= 0.6 is 11.6 Å². The summed E-state index contributed by atoms with van der Waals surface area (Å²) >= 11 is 6.02. The predicted molar refractivity (Wildman–Crippen MR) is 81.5 cm³/mol. The molecule has 4 nitrogen and oxygen atoms in total. The summed E-state index contributed by atoms with van der Waals surface area (Å²) in [6.07, 6.45) is 0. The lowest BCUT2D eigenvalue weighted by atomic mass is 10.1. The highest BCUT2D eigenvalue weighted by Crippen LogP contribution is 2.32. The van der Waals surface area contributed by atoms with Crippen molar-refractivity contribution in [2.75, 3.05) is 7.11 Å². The van der Waals surface area contributed by atoms with Crippen LogP contribution < -0.4 is 4.74 Å². The van der Waals surface area contributed by atoms with E-state index in [0.717, 1.165) is 11.1 Å². The lowest BCUT2D eigenvalue weighted by Gasteiger charge is -2.04. The number of ether oxygens (including phenoxy) is 1. The average Bonchev–Trinajstić information content (AvgIpc) is 2.97. The Morgan fingerprint density at radius 2 is 2.00 bits per heavy atom. The number of hydrogen-bond acceptors (Lipinski definition) is 4. The van der Waals surface area contributed by atoms with Crippen LogP contribution in [0.4, 0.5) is 0 Å². The molecule has 3 aromatic rings. The van der Waals surface area contributed by atoms with Crippen molar-refractivity contribution in [1.29, 1.82) is 0 Å². The van der Waals surface area contributed by atoms with E-state index >= 15 is 0 Å². The molecule has 0 aliphatic rings. The highest BCUT2D eigenvalue weighted by atomic mass is 35.5. The summed E-state index contributed by atoms with van der Waals surface area (Å²) in [4.78, 5) is 4.43. The summed E-state index contributed by atoms with van der Waals surface area (Å²) in [5.41, 5.74) is 2.72. The number of methoxy groups -OCH3 is 1. The largest absolute Gasteiger partial charge is 0.496 e. The van der Waals surface area contributed by atoms with Crippen molar-refractivity contribution in [3.8, 4) is 28.6 Å². The van der Waals surface area contributed by atoms with Crippen molar-refractivity contribution in [1.82, 2.24) is 10.1 Å². The first-order valence-corrected chi connectivity index (χ1v) is 6.80. The second-order valence-corrected chi connectivity index (χ2v) is 5.07. The monoisotopic (exact) mass is 300 g/mol. The van der Waals surface area contributed by atoms with Gasteiger partial charge >= 0.3 is 0 Å². The molecule has 1 aromatic heterocycles. The van der Waals surface area contributed by atoms with Crippen molar-refractivity contribution in [2.45, 2.75) is 6.92 Å². The van der Waals surface area contributed by atoms with Crippen LogP contribution in [0.15, 0.2) is 47.0 Å². The van der Waals surface area contributed by atoms with Crippen LogP contribution in [0.25, 0.3) is 22.8 Å². The minimum Gasteiger partial charge on any atom is -0.496 e. The van der Waals surface area contributed by atoms with E-state index in [1.807, 2.05) is 31.2 Å². The van der Waals surface area contributed by atoms with Gasteiger partial charge in [-0.3, -0.25) is 0 Å². The molecule has 0 amide bonds. The number of nitrogens with zero attached hydrogens (tertiary/aromatic N) is 2. The molecule has 0 saturated heterocycles. The van der Waals surface area contributed by atoms with E-state index in [1.165, 1.54) is 0 Å². The third-order valence-corrected chi connectivity index (χ3v) is 3.33. The second-order valence-electron chi connectivity index (χ2n) is 4.64. The Labute approximate surface area is 127 Å². The molecule has 0 bridgehead atoms. The van der Waals surface area contributed by atoms with Gasteiger partial charge in [-0.05, 0) is 31.2 Å². The van der Waals surface area contributed by atoms with Gasteiger partial charge in [0.15, 0.2) is 0 Å². The molecule has 0 unspecified atom stereocenters. The van der Waals surface area contributed by atoms with Crippen molar-refractivity contribution in [3.05, 3.63) is 53.1 Å². The zero-order valence-electron chi connectivity index (χ0n) is 11.6. The van der Waals surface area contributed by atoms with Crippen LogP contribution in [0.2, 0.25) is 5.02 Å². The fourth-order valence-electron chi connectivity index (χ4n) is 2.08. The van der Waals surface area contributed by atoms with Crippen LogP contribution in [0.1, 0.15) is 5.56 Å². The molecular weight excluding hydrogens is 288 g/mol. The number of hydrogen-bond donors (Lipinski definition) is 0. The van der Waals surface area contributed by atoms with Crippen molar-refractivity contribution >= 4 is 11.6 Å². The quantitative estimate of drug-likeness (QED) is 0.720. The molecule has 21 heavy (non-hydrogen) atoms. The van der Waals surface area contributed by atoms with E-state index in [1.54, 1.807) is 25.3 Å². The number of aryl methyl sites for hydroxylation is 1. The lowest BCUT2D eigenvalue weighted by Crippen LogP contribution is -1.88. The first kappa shape index (κ1) is 13.6. The maximum atomic E-state index is 6.02. The Morgan fingerprint density at radius 1 is 1.14 bits per heavy atom. The van der Waals surface area contributed by atoms with Gasteiger partial charge in [0.1, 0.15) is 5.75 Å². The highest BCUT2D eigenvalue weighted by molar-refractivity contribution is 6.30. The molecule has 0 N–H and O–H groups in total. The molecular formula is C16H13ClN2O2. The number of halogens is 1. The smallest absolute Gasteiger partial charge is 0.262 e. The summed E-state index contributed by atoms with van der Waals surface area (Å²) in [7, 11) is 1.59. The van der Waals surface area contributed by atoms with Gasteiger partial charge in [0.25, 0.3) is 5.89 Å². The van der Waals surface area contributed by atoms with Gasteiger partial charge in [-0.25, -0.2) is 0 Å². The van der Waals surface area contributed by atoms with Gasteiger partial charge in [-0.15, -0.1) is 0 Å². The summed E-state index contributed by atoms with van der Waals surface area (Å²) in [5.74, 6) is 1.56. The van der Waals surface area contributed by atoms with E-state index in [-0.39, 0.29) is 0 Å². The summed E-state index contributed by atoms with van der Waals surface area (Å²) in [6.45, 7) is 2.02. The molecule has 106 valence electrons. The van der Waals surface area contributed by atoms with Gasteiger partial charge < -0.3 is 9.26 Å². The fraction of sp³-hybridized carbons (Fsp3) is 0.125. The average molecular weight is 301 g/mol. The SMILES string of the molecule is COc1ccc(Cl)cc1-c1nc(-c2cccc(C)c2)no1. The molecule has 5 heteroatoms. The Hall–Kier alpha value is -2.33. The van der Waals surface area contributed by atoms with Crippen LogP contribution in [0.3, 0.4) is 0 Å². The zero-order valence-corrected chi connectivity index (χ0v) is 12.4. The van der Waals surface area contributed by atoms with Gasteiger partial charge in [0.05, 0.1) is 12.7 Å².